The van der Waals surface area contributed by atoms with E-state index < -0.39 is 5.38 Å². The number of hydrogen-bond acceptors (Lipinski definition) is 1. The summed E-state index contributed by atoms with van der Waals surface area (Å²) in [6.07, 6.45) is 0. The number of hydrogen-bond donors (Lipinski definition) is 0. The van der Waals surface area contributed by atoms with Gasteiger partial charge in [0.1, 0.15) is 11.6 Å². The number of ether oxygens (including phenoxy) is 1. The van der Waals surface area contributed by atoms with E-state index in [0.29, 0.717) is 5.75 Å². The average molecular weight is 344 g/mol. The van der Waals surface area contributed by atoms with E-state index in [1.165, 1.54) is 12.1 Å². The van der Waals surface area contributed by atoms with Gasteiger partial charge in [-0.25, -0.2) is 4.39 Å². The summed E-state index contributed by atoms with van der Waals surface area (Å²) in [4.78, 5) is 0. The van der Waals surface area contributed by atoms with Gasteiger partial charge in [0.25, 0.3) is 0 Å². The molecule has 19 heavy (non-hydrogen) atoms. The lowest BCUT2D eigenvalue weighted by molar-refractivity contribution is 0.410. The van der Waals surface area contributed by atoms with Gasteiger partial charge in [-0.3, -0.25) is 0 Å². The first-order valence-corrected chi connectivity index (χ1v) is 6.99. The molecule has 0 fully saturated rings. The molecule has 2 rings (SSSR count). The number of aryl methyl sites for hydroxylation is 1. The Hall–Kier alpha value is -1.06. The van der Waals surface area contributed by atoms with E-state index in [1.54, 1.807) is 13.2 Å². The number of rotatable bonds is 3. The summed E-state index contributed by atoms with van der Waals surface area (Å²) in [5.74, 6) is 0.395. The van der Waals surface area contributed by atoms with Gasteiger partial charge in [0.15, 0.2) is 0 Å². The Morgan fingerprint density at radius 3 is 2.58 bits per heavy atom. The van der Waals surface area contributed by atoms with Crippen molar-refractivity contribution < 1.29 is 9.13 Å². The van der Waals surface area contributed by atoms with Crippen LogP contribution in [0.1, 0.15) is 22.1 Å². The molecule has 1 atom stereocenters. The molecule has 0 radical (unpaired) electrons. The molecule has 1 nitrogen and oxygen atoms in total. The Morgan fingerprint density at radius 1 is 1.16 bits per heavy atom. The Kier molecular flexibility index (Phi) is 4.48. The van der Waals surface area contributed by atoms with Gasteiger partial charge in [-0.1, -0.05) is 22.0 Å². The van der Waals surface area contributed by atoms with Crippen molar-refractivity contribution in [1.82, 2.24) is 0 Å². The van der Waals surface area contributed by atoms with E-state index in [4.69, 9.17) is 16.3 Å². The van der Waals surface area contributed by atoms with Gasteiger partial charge in [-0.2, -0.15) is 0 Å². The topological polar surface area (TPSA) is 9.23 Å². The third-order valence-corrected chi connectivity index (χ3v) is 3.94. The Balaban J connectivity index is 2.51. The predicted octanol–water partition coefficient (Wildman–Crippen LogP) is 5.23. The predicted molar refractivity (Wildman–Crippen MR) is 79.5 cm³/mol. The lowest BCUT2D eigenvalue weighted by Crippen LogP contribution is -2.00. The van der Waals surface area contributed by atoms with E-state index in [2.05, 4.69) is 15.9 Å². The second-order valence-electron chi connectivity index (χ2n) is 4.25. The number of benzene rings is 2. The zero-order chi connectivity index (χ0) is 14.0. The second-order valence-corrected chi connectivity index (χ2v) is 5.60. The normalized spacial score (nSPS) is 12.3. The van der Waals surface area contributed by atoms with Crippen LogP contribution in [-0.2, 0) is 0 Å². The first-order valence-electron chi connectivity index (χ1n) is 5.76. The van der Waals surface area contributed by atoms with Gasteiger partial charge in [-0.05, 0) is 48.4 Å². The van der Waals surface area contributed by atoms with Gasteiger partial charge in [-0.15, -0.1) is 11.6 Å². The molecule has 0 N–H and O–H groups in total. The molecule has 100 valence electrons. The van der Waals surface area contributed by atoms with Crippen LogP contribution in [0.25, 0.3) is 0 Å². The van der Waals surface area contributed by atoms with Crippen LogP contribution in [0.2, 0.25) is 0 Å². The molecular formula is C15H13BrClFO. The zero-order valence-electron chi connectivity index (χ0n) is 10.6. The molecule has 4 heteroatoms. The molecule has 1 unspecified atom stereocenters. The molecular weight excluding hydrogens is 331 g/mol. The SMILES string of the molecule is COc1ccc(Br)cc1C(Cl)c1cc(F)ccc1C. The highest BCUT2D eigenvalue weighted by Gasteiger charge is 2.18. The zero-order valence-corrected chi connectivity index (χ0v) is 12.9. The van der Waals surface area contributed by atoms with Gasteiger partial charge >= 0.3 is 0 Å². The van der Waals surface area contributed by atoms with Crippen LogP contribution in [-0.4, -0.2) is 7.11 Å². The van der Waals surface area contributed by atoms with Gasteiger partial charge in [0.2, 0.25) is 0 Å². The molecule has 0 bridgehead atoms. The summed E-state index contributed by atoms with van der Waals surface area (Å²) in [6, 6.07) is 10.2. The van der Waals surface area contributed by atoms with Crippen LogP contribution in [0.3, 0.4) is 0 Å². The van der Waals surface area contributed by atoms with E-state index in [1.807, 2.05) is 25.1 Å². The average Bonchev–Trinajstić information content (AvgIpc) is 2.40. The highest BCUT2D eigenvalue weighted by Crippen LogP contribution is 2.38. The van der Waals surface area contributed by atoms with Crippen LogP contribution in [0.4, 0.5) is 4.39 Å². The fourth-order valence-corrected chi connectivity index (χ4v) is 2.74. The monoisotopic (exact) mass is 342 g/mol. The summed E-state index contributed by atoms with van der Waals surface area (Å²) >= 11 is 9.91. The maximum absolute atomic E-state index is 13.4. The smallest absolute Gasteiger partial charge is 0.123 e. The number of halogens is 3. The first-order chi connectivity index (χ1) is 9.02. The fourth-order valence-electron chi connectivity index (χ4n) is 1.96. The van der Waals surface area contributed by atoms with Crippen molar-refractivity contribution in [3.8, 4) is 5.75 Å². The summed E-state index contributed by atoms with van der Waals surface area (Å²) in [7, 11) is 1.59. The van der Waals surface area contributed by atoms with Crippen molar-refractivity contribution >= 4 is 27.5 Å². The number of methoxy groups -OCH3 is 1. The maximum atomic E-state index is 13.4. The molecule has 0 saturated carbocycles. The molecule has 0 aromatic heterocycles. The molecule has 0 heterocycles. The molecule has 0 aliphatic heterocycles. The minimum atomic E-state index is -0.455. The molecule has 2 aromatic rings. The molecule has 0 aliphatic carbocycles. The maximum Gasteiger partial charge on any atom is 0.123 e. The standard InChI is InChI=1S/C15H13BrClFO/c1-9-3-5-11(18)8-12(9)15(17)13-7-10(16)4-6-14(13)19-2/h3-8,15H,1-2H3. The Bertz CT molecular complexity index is 601. The third kappa shape index (κ3) is 3.10. The van der Waals surface area contributed by atoms with Gasteiger partial charge < -0.3 is 4.74 Å². The summed E-state index contributed by atoms with van der Waals surface area (Å²) in [6.45, 7) is 1.91. The largest absolute Gasteiger partial charge is 0.496 e. The Labute approximate surface area is 125 Å². The highest BCUT2D eigenvalue weighted by atomic mass is 79.9. The first kappa shape index (κ1) is 14.4. The number of alkyl halides is 1. The van der Waals surface area contributed by atoms with E-state index in [9.17, 15) is 4.39 Å². The highest BCUT2D eigenvalue weighted by molar-refractivity contribution is 9.10. The van der Waals surface area contributed by atoms with E-state index in [0.717, 1.165) is 21.2 Å². The molecule has 2 aromatic carbocycles. The van der Waals surface area contributed by atoms with Gasteiger partial charge in [0.05, 0.1) is 12.5 Å². The minimum Gasteiger partial charge on any atom is -0.496 e. The van der Waals surface area contributed by atoms with E-state index >= 15 is 0 Å². The van der Waals surface area contributed by atoms with Crippen molar-refractivity contribution in [3.63, 3.8) is 0 Å². The Morgan fingerprint density at radius 2 is 1.89 bits per heavy atom. The van der Waals surface area contributed by atoms with Crippen molar-refractivity contribution in [3.05, 3.63) is 63.4 Å². The molecule has 0 aliphatic rings. The molecule has 0 saturated heterocycles. The van der Waals surface area contributed by atoms with Gasteiger partial charge in [0, 0.05) is 10.0 Å². The van der Waals surface area contributed by atoms with Crippen molar-refractivity contribution in [2.45, 2.75) is 12.3 Å². The van der Waals surface area contributed by atoms with Crippen molar-refractivity contribution in [2.75, 3.05) is 7.11 Å². The van der Waals surface area contributed by atoms with Crippen LogP contribution in [0, 0.1) is 12.7 Å². The van der Waals surface area contributed by atoms with Crippen molar-refractivity contribution in [2.24, 2.45) is 0 Å². The quantitative estimate of drug-likeness (QED) is 0.693. The lowest BCUT2D eigenvalue weighted by atomic mass is 9.99. The van der Waals surface area contributed by atoms with Crippen LogP contribution in [0.15, 0.2) is 40.9 Å². The van der Waals surface area contributed by atoms with Crippen LogP contribution >= 0.6 is 27.5 Å². The summed E-state index contributed by atoms with van der Waals surface area (Å²) in [5, 5.41) is -0.455. The van der Waals surface area contributed by atoms with Crippen LogP contribution < -0.4 is 4.74 Å². The fraction of sp³-hybridized carbons (Fsp3) is 0.200. The summed E-state index contributed by atoms with van der Waals surface area (Å²) < 4.78 is 19.6. The molecule has 0 spiro atoms. The summed E-state index contributed by atoms with van der Waals surface area (Å²) in [5.41, 5.74) is 2.51. The van der Waals surface area contributed by atoms with E-state index in [-0.39, 0.29) is 5.82 Å². The minimum absolute atomic E-state index is 0.291. The van der Waals surface area contributed by atoms with Crippen molar-refractivity contribution in [1.29, 1.82) is 0 Å². The third-order valence-electron chi connectivity index (χ3n) is 2.98. The van der Waals surface area contributed by atoms with Crippen LogP contribution in [0.5, 0.6) is 5.75 Å². The second kappa shape index (κ2) is 5.93. The molecule has 0 amide bonds. The lowest BCUT2D eigenvalue weighted by Gasteiger charge is -2.17.